The fraction of sp³-hybridized carbons (Fsp3) is 0.263. The minimum Gasteiger partial charge on any atom is -0.477 e. The summed E-state index contributed by atoms with van der Waals surface area (Å²) in [4.78, 5) is 26.2. The van der Waals surface area contributed by atoms with Gasteiger partial charge in [0.2, 0.25) is 6.10 Å². The van der Waals surface area contributed by atoms with Gasteiger partial charge in [-0.3, -0.25) is 4.79 Å². The number of hydrogen-bond donors (Lipinski definition) is 0. The average Bonchev–Trinajstić information content (AvgIpc) is 2.61. The maximum absolute atomic E-state index is 12.4. The third-order valence-corrected chi connectivity index (χ3v) is 4.06. The zero-order valence-electron chi connectivity index (χ0n) is 14.6. The van der Waals surface area contributed by atoms with Crippen molar-refractivity contribution in [1.29, 1.82) is 0 Å². The molecule has 0 aliphatic rings. The van der Waals surface area contributed by atoms with Crippen LogP contribution in [0.15, 0.2) is 48.5 Å². The van der Waals surface area contributed by atoms with E-state index in [-0.39, 0.29) is 10.9 Å². The number of halogens is 2. The van der Waals surface area contributed by atoms with Crippen molar-refractivity contribution in [3.8, 4) is 5.75 Å². The van der Waals surface area contributed by atoms with E-state index in [4.69, 9.17) is 32.7 Å². The molecule has 2 aromatic carbocycles. The highest BCUT2D eigenvalue weighted by Crippen LogP contribution is 2.29. The first kappa shape index (κ1) is 20.1. The lowest BCUT2D eigenvalue weighted by molar-refractivity contribution is -0.165. The first-order valence-corrected chi connectivity index (χ1v) is 8.63. The van der Waals surface area contributed by atoms with Crippen molar-refractivity contribution in [2.45, 2.75) is 19.1 Å². The number of likely N-dealkylation sites (N-methyl/N-ethyl adjacent to an activating group) is 1. The SMILES string of the molecule is CC(Oc1ccc(Cl)cc1Cl)C(=O)OC(C(=O)N(C)C)c1ccccc1. The van der Waals surface area contributed by atoms with E-state index in [0.29, 0.717) is 16.3 Å². The van der Waals surface area contributed by atoms with Gasteiger partial charge in [0.15, 0.2) is 6.10 Å². The van der Waals surface area contributed by atoms with Crippen molar-refractivity contribution >= 4 is 35.1 Å². The van der Waals surface area contributed by atoms with Crippen molar-refractivity contribution in [3.63, 3.8) is 0 Å². The van der Waals surface area contributed by atoms with Gasteiger partial charge in [-0.2, -0.15) is 0 Å². The lowest BCUT2D eigenvalue weighted by Crippen LogP contribution is -2.35. The van der Waals surface area contributed by atoms with E-state index in [0.717, 1.165) is 0 Å². The largest absolute Gasteiger partial charge is 0.477 e. The second-order valence-corrected chi connectivity index (χ2v) is 6.64. The molecule has 7 heteroatoms. The topological polar surface area (TPSA) is 55.8 Å². The van der Waals surface area contributed by atoms with Crippen LogP contribution in [0.5, 0.6) is 5.75 Å². The van der Waals surface area contributed by atoms with Gasteiger partial charge in [-0.15, -0.1) is 0 Å². The van der Waals surface area contributed by atoms with Gasteiger partial charge in [0.25, 0.3) is 5.91 Å². The van der Waals surface area contributed by atoms with Crippen LogP contribution in [0.3, 0.4) is 0 Å². The molecule has 0 aliphatic heterocycles. The van der Waals surface area contributed by atoms with Crippen LogP contribution in [0.1, 0.15) is 18.6 Å². The number of ether oxygens (including phenoxy) is 2. The Hall–Kier alpha value is -2.24. The highest BCUT2D eigenvalue weighted by atomic mass is 35.5. The number of benzene rings is 2. The second-order valence-electron chi connectivity index (χ2n) is 5.80. The molecule has 2 aromatic rings. The number of amides is 1. The molecule has 2 rings (SSSR count). The monoisotopic (exact) mass is 395 g/mol. The smallest absolute Gasteiger partial charge is 0.348 e. The van der Waals surface area contributed by atoms with Crippen molar-refractivity contribution in [2.24, 2.45) is 0 Å². The molecule has 0 saturated heterocycles. The van der Waals surface area contributed by atoms with E-state index in [1.54, 1.807) is 50.5 Å². The van der Waals surface area contributed by atoms with Gasteiger partial charge < -0.3 is 14.4 Å². The number of carbonyl (C=O) groups is 2. The van der Waals surface area contributed by atoms with Crippen LogP contribution in [0.2, 0.25) is 10.0 Å². The van der Waals surface area contributed by atoms with E-state index in [9.17, 15) is 9.59 Å². The lowest BCUT2D eigenvalue weighted by atomic mass is 10.1. The van der Waals surface area contributed by atoms with E-state index >= 15 is 0 Å². The zero-order valence-corrected chi connectivity index (χ0v) is 16.1. The molecule has 2 unspecified atom stereocenters. The molecule has 0 saturated carbocycles. The van der Waals surface area contributed by atoms with Crippen LogP contribution in [-0.4, -0.2) is 37.0 Å². The van der Waals surface area contributed by atoms with Crippen LogP contribution in [0.25, 0.3) is 0 Å². The fourth-order valence-electron chi connectivity index (χ4n) is 2.14. The number of nitrogens with zero attached hydrogens (tertiary/aromatic N) is 1. The summed E-state index contributed by atoms with van der Waals surface area (Å²) in [5, 5.41) is 0.736. The van der Waals surface area contributed by atoms with Gasteiger partial charge in [0, 0.05) is 24.7 Å². The Balaban J connectivity index is 2.14. The number of esters is 1. The maximum atomic E-state index is 12.4. The predicted molar refractivity (Wildman–Crippen MR) is 101 cm³/mol. The van der Waals surface area contributed by atoms with Gasteiger partial charge >= 0.3 is 5.97 Å². The molecule has 2 atom stereocenters. The molecule has 138 valence electrons. The molecular weight excluding hydrogens is 377 g/mol. The van der Waals surface area contributed by atoms with E-state index in [1.165, 1.54) is 17.9 Å². The summed E-state index contributed by atoms with van der Waals surface area (Å²) in [7, 11) is 3.19. The molecule has 5 nitrogen and oxygen atoms in total. The van der Waals surface area contributed by atoms with Crippen LogP contribution in [0, 0.1) is 0 Å². The molecule has 0 spiro atoms. The molecule has 0 N–H and O–H groups in total. The number of hydrogen-bond acceptors (Lipinski definition) is 4. The normalized spacial score (nSPS) is 12.8. The third kappa shape index (κ3) is 5.13. The third-order valence-electron chi connectivity index (χ3n) is 3.53. The van der Waals surface area contributed by atoms with Gasteiger partial charge in [0.1, 0.15) is 5.75 Å². The van der Waals surface area contributed by atoms with E-state index in [2.05, 4.69) is 0 Å². The molecule has 1 amide bonds. The molecule has 0 radical (unpaired) electrons. The highest BCUT2D eigenvalue weighted by Gasteiger charge is 2.29. The Labute approximate surface area is 162 Å². The van der Waals surface area contributed by atoms with Crippen molar-refractivity contribution in [2.75, 3.05) is 14.1 Å². The Kier molecular flexibility index (Phi) is 6.89. The van der Waals surface area contributed by atoms with E-state index < -0.39 is 18.2 Å². The highest BCUT2D eigenvalue weighted by molar-refractivity contribution is 6.35. The van der Waals surface area contributed by atoms with Crippen LogP contribution in [0.4, 0.5) is 0 Å². The van der Waals surface area contributed by atoms with Crippen molar-refractivity contribution in [1.82, 2.24) is 4.90 Å². The van der Waals surface area contributed by atoms with Gasteiger partial charge in [-0.1, -0.05) is 53.5 Å². The predicted octanol–water partition coefficient (Wildman–Crippen LogP) is 4.13. The number of carbonyl (C=O) groups excluding carboxylic acids is 2. The quantitative estimate of drug-likeness (QED) is 0.689. The molecule has 0 aromatic heterocycles. The molecular formula is C19H19Cl2NO4. The van der Waals surface area contributed by atoms with Gasteiger partial charge in [-0.05, 0) is 25.1 Å². The molecule has 26 heavy (non-hydrogen) atoms. The zero-order chi connectivity index (χ0) is 19.3. The second kappa shape index (κ2) is 8.92. The maximum Gasteiger partial charge on any atom is 0.348 e. The summed E-state index contributed by atoms with van der Waals surface area (Å²) in [6.07, 6.45) is -2.01. The summed E-state index contributed by atoms with van der Waals surface area (Å²) in [5.41, 5.74) is 0.580. The molecule has 0 bridgehead atoms. The van der Waals surface area contributed by atoms with Crippen molar-refractivity contribution in [3.05, 3.63) is 64.1 Å². The minimum absolute atomic E-state index is 0.279. The summed E-state index contributed by atoms with van der Waals surface area (Å²) in [5.74, 6) is -0.725. The Morgan fingerprint density at radius 2 is 1.69 bits per heavy atom. The molecule has 0 fully saturated rings. The lowest BCUT2D eigenvalue weighted by Gasteiger charge is -2.23. The summed E-state index contributed by atoms with van der Waals surface area (Å²) >= 11 is 11.9. The Bertz CT molecular complexity index is 780. The van der Waals surface area contributed by atoms with Crippen LogP contribution >= 0.6 is 23.2 Å². The summed E-state index contributed by atoms with van der Waals surface area (Å²) in [6, 6.07) is 13.5. The fourth-order valence-corrected chi connectivity index (χ4v) is 2.60. The molecule has 0 aliphatic carbocycles. The standard InChI is InChI=1S/C19H19Cl2NO4/c1-12(25-16-10-9-14(20)11-15(16)21)19(24)26-17(18(23)22(2)3)13-7-5-4-6-8-13/h4-12,17H,1-3H3. The first-order valence-electron chi connectivity index (χ1n) is 7.88. The molecule has 0 heterocycles. The Morgan fingerprint density at radius 3 is 2.27 bits per heavy atom. The van der Waals surface area contributed by atoms with Crippen molar-refractivity contribution < 1.29 is 19.1 Å². The Morgan fingerprint density at radius 1 is 1.04 bits per heavy atom. The van der Waals surface area contributed by atoms with Gasteiger partial charge in [-0.25, -0.2) is 4.79 Å². The average molecular weight is 396 g/mol. The van der Waals surface area contributed by atoms with E-state index in [1.807, 2.05) is 6.07 Å². The summed E-state index contributed by atoms with van der Waals surface area (Å²) < 4.78 is 11.0. The minimum atomic E-state index is -1.05. The van der Waals surface area contributed by atoms with Crippen LogP contribution < -0.4 is 4.74 Å². The summed E-state index contributed by atoms with van der Waals surface area (Å²) in [6.45, 7) is 1.52. The number of rotatable bonds is 6. The van der Waals surface area contributed by atoms with Crippen LogP contribution in [-0.2, 0) is 14.3 Å². The van der Waals surface area contributed by atoms with Gasteiger partial charge in [0.05, 0.1) is 5.02 Å². The first-order chi connectivity index (χ1) is 12.3.